The second kappa shape index (κ2) is 4.91. The molecule has 0 radical (unpaired) electrons. The average Bonchev–Trinajstić information content (AvgIpc) is 2.64. The van der Waals surface area contributed by atoms with Crippen LogP contribution in [0.15, 0.2) is 16.5 Å². The number of aryl methyl sites for hydroxylation is 1. The zero-order valence-electron chi connectivity index (χ0n) is 10.1. The molecule has 0 saturated carbocycles. The summed E-state index contributed by atoms with van der Waals surface area (Å²) in [6, 6.07) is 3.61. The SMILES string of the molecule is Cc1ccc(C(C)NC(=O)C(C)(C)CCl)o1. The standard InChI is InChI=1S/C12H18ClNO2/c1-8-5-6-10(16-8)9(2)14-11(15)12(3,4)7-13/h5-6,9H,7H2,1-4H3,(H,14,15). The van der Waals surface area contributed by atoms with Crippen LogP contribution in [0.5, 0.6) is 0 Å². The van der Waals surface area contributed by atoms with E-state index < -0.39 is 5.41 Å². The van der Waals surface area contributed by atoms with Gasteiger partial charge >= 0.3 is 0 Å². The number of alkyl halides is 1. The molecule has 0 spiro atoms. The highest BCUT2D eigenvalue weighted by atomic mass is 35.5. The van der Waals surface area contributed by atoms with Gasteiger partial charge < -0.3 is 9.73 Å². The molecule has 0 aliphatic heterocycles. The van der Waals surface area contributed by atoms with Crippen molar-refractivity contribution in [1.82, 2.24) is 5.32 Å². The van der Waals surface area contributed by atoms with E-state index in [9.17, 15) is 4.79 Å². The topological polar surface area (TPSA) is 42.2 Å². The molecule has 4 heteroatoms. The van der Waals surface area contributed by atoms with Crippen molar-refractivity contribution in [2.45, 2.75) is 33.7 Å². The van der Waals surface area contributed by atoms with E-state index >= 15 is 0 Å². The highest BCUT2D eigenvalue weighted by Gasteiger charge is 2.28. The van der Waals surface area contributed by atoms with E-state index in [4.69, 9.17) is 16.0 Å². The maximum atomic E-state index is 11.8. The molecule has 1 aromatic heterocycles. The first kappa shape index (κ1) is 13.1. The fourth-order valence-corrected chi connectivity index (χ4v) is 1.33. The number of carbonyl (C=O) groups excluding carboxylic acids is 1. The van der Waals surface area contributed by atoms with Gasteiger partial charge in [-0.15, -0.1) is 11.6 Å². The first-order valence-corrected chi connectivity index (χ1v) is 5.83. The minimum atomic E-state index is -0.558. The van der Waals surface area contributed by atoms with E-state index in [1.54, 1.807) is 0 Å². The van der Waals surface area contributed by atoms with Crippen molar-refractivity contribution < 1.29 is 9.21 Å². The van der Waals surface area contributed by atoms with Gasteiger partial charge in [-0.05, 0) is 39.8 Å². The molecule has 3 nitrogen and oxygen atoms in total. The van der Waals surface area contributed by atoms with Gasteiger partial charge in [0.05, 0.1) is 11.5 Å². The predicted octanol–water partition coefficient (Wildman–Crippen LogP) is 3.03. The first-order valence-electron chi connectivity index (χ1n) is 5.30. The summed E-state index contributed by atoms with van der Waals surface area (Å²) in [6.07, 6.45) is 0. The molecule has 1 rings (SSSR count). The maximum absolute atomic E-state index is 11.8. The Morgan fingerprint density at radius 2 is 2.19 bits per heavy atom. The lowest BCUT2D eigenvalue weighted by Gasteiger charge is -2.22. The van der Waals surface area contributed by atoms with Crippen molar-refractivity contribution in [2.24, 2.45) is 5.41 Å². The molecule has 1 amide bonds. The van der Waals surface area contributed by atoms with Gasteiger partial charge in [-0.1, -0.05) is 0 Å². The fraction of sp³-hybridized carbons (Fsp3) is 0.583. The van der Waals surface area contributed by atoms with E-state index in [0.29, 0.717) is 5.88 Å². The summed E-state index contributed by atoms with van der Waals surface area (Å²) in [5.74, 6) is 1.83. The van der Waals surface area contributed by atoms with Crippen molar-refractivity contribution >= 4 is 17.5 Å². The Balaban J connectivity index is 2.65. The number of hydrogen-bond acceptors (Lipinski definition) is 2. The summed E-state index contributed by atoms with van der Waals surface area (Å²) < 4.78 is 5.44. The summed E-state index contributed by atoms with van der Waals surface area (Å²) in [5.41, 5.74) is -0.558. The lowest BCUT2D eigenvalue weighted by atomic mass is 9.95. The van der Waals surface area contributed by atoms with Gasteiger partial charge in [0.1, 0.15) is 11.5 Å². The number of halogens is 1. The molecule has 1 aromatic rings. The quantitative estimate of drug-likeness (QED) is 0.826. The molecule has 0 saturated heterocycles. The number of hydrogen-bond donors (Lipinski definition) is 1. The van der Waals surface area contributed by atoms with E-state index in [-0.39, 0.29) is 11.9 Å². The number of rotatable bonds is 4. The van der Waals surface area contributed by atoms with Crippen LogP contribution in [0, 0.1) is 12.3 Å². The molecule has 0 fully saturated rings. The molecule has 0 aliphatic rings. The number of carbonyl (C=O) groups is 1. The molecule has 16 heavy (non-hydrogen) atoms. The predicted molar refractivity (Wildman–Crippen MR) is 64.5 cm³/mol. The van der Waals surface area contributed by atoms with Crippen LogP contribution in [0.25, 0.3) is 0 Å². The summed E-state index contributed by atoms with van der Waals surface area (Å²) in [7, 11) is 0. The zero-order valence-corrected chi connectivity index (χ0v) is 10.9. The third-order valence-corrected chi connectivity index (χ3v) is 3.15. The molecule has 90 valence electrons. The van der Waals surface area contributed by atoms with E-state index in [1.165, 1.54) is 0 Å². The summed E-state index contributed by atoms with van der Waals surface area (Å²) in [6.45, 7) is 7.39. The molecule has 0 aliphatic carbocycles. The van der Waals surface area contributed by atoms with Crippen LogP contribution in [0.2, 0.25) is 0 Å². The normalized spacial score (nSPS) is 13.6. The molecular weight excluding hydrogens is 226 g/mol. The van der Waals surface area contributed by atoms with Gasteiger partial charge in [0.25, 0.3) is 0 Å². The van der Waals surface area contributed by atoms with Gasteiger partial charge in [0, 0.05) is 5.88 Å². The third-order valence-electron chi connectivity index (χ3n) is 2.48. The van der Waals surface area contributed by atoms with Crippen LogP contribution in [0.3, 0.4) is 0 Å². The minimum absolute atomic E-state index is 0.0657. The van der Waals surface area contributed by atoms with Crippen LogP contribution >= 0.6 is 11.6 Å². The Kier molecular flexibility index (Phi) is 4.03. The summed E-state index contributed by atoms with van der Waals surface area (Å²) in [4.78, 5) is 11.8. The van der Waals surface area contributed by atoms with Crippen LogP contribution in [0.1, 0.15) is 38.3 Å². The Bertz CT molecular complexity index is 371. The second-order valence-electron chi connectivity index (χ2n) is 4.66. The Labute approximate surface area is 101 Å². The molecule has 1 N–H and O–H groups in total. The third kappa shape index (κ3) is 3.01. The number of amides is 1. The lowest BCUT2D eigenvalue weighted by molar-refractivity contribution is -0.129. The van der Waals surface area contributed by atoms with Crippen LogP contribution < -0.4 is 5.32 Å². The van der Waals surface area contributed by atoms with Crippen LogP contribution in [-0.4, -0.2) is 11.8 Å². The summed E-state index contributed by atoms with van der Waals surface area (Å²) in [5, 5.41) is 2.88. The molecule has 0 aromatic carbocycles. The highest BCUT2D eigenvalue weighted by Crippen LogP contribution is 2.21. The molecule has 1 atom stereocenters. The first-order chi connectivity index (χ1) is 7.36. The molecule has 1 heterocycles. The minimum Gasteiger partial charge on any atom is -0.464 e. The zero-order chi connectivity index (χ0) is 12.3. The fourth-order valence-electron chi connectivity index (χ4n) is 1.21. The van der Waals surface area contributed by atoms with Gasteiger partial charge in [0.15, 0.2) is 0 Å². The maximum Gasteiger partial charge on any atom is 0.227 e. The highest BCUT2D eigenvalue weighted by molar-refractivity contribution is 6.19. The van der Waals surface area contributed by atoms with Crippen molar-refractivity contribution in [1.29, 1.82) is 0 Å². The van der Waals surface area contributed by atoms with Gasteiger partial charge in [-0.25, -0.2) is 0 Å². The van der Waals surface area contributed by atoms with Crippen LogP contribution in [0.4, 0.5) is 0 Å². The lowest BCUT2D eigenvalue weighted by Crippen LogP contribution is -2.39. The van der Waals surface area contributed by atoms with Gasteiger partial charge in [0.2, 0.25) is 5.91 Å². The Morgan fingerprint density at radius 3 is 2.62 bits per heavy atom. The molecule has 0 bridgehead atoms. The van der Waals surface area contributed by atoms with Crippen molar-refractivity contribution in [3.05, 3.63) is 23.7 Å². The Morgan fingerprint density at radius 1 is 1.56 bits per heavy atom. The van der Waals surface area contributed by atoms with Gasteiger partial charge in [-0.2, -0.15) is 0 Å². The smallest absolute Gasteiger partial charge is 0.227 e. The van der Waals surface area contributed by atoms with Crippen molar-refractivity contribution in [2.75, 3.05) is 5.88 Å². The average molecular weight is 244 g/mol. The summed E-state index contributed by atoms with van der Waals surface area (Å²) >= 11 is 5.74. The monoisotopic (exact) mass is 243 g/mol. The van der Waals surface area contributed by atoms with Crippen molar-refractivity contribution in [3.63, 3.8) is 0 Å². The Hall–Kier alpha value is -0.960. The number of nitrogens with one attached hydrogen (secondary N) is 1. The van der Waals surface area contributed by atoms with E-state index in [0.717, 1.165) is 11.5 Å². The van der Waals surface area contributed by atoms with Crippen molar-refractivity contribution in [3.8, 4) is 0 Å². The second-order valence-corrected chi connectivity index (χ2v) is 4.93. The van der Waals surface area contributed by atoms with E-state index in [2.05, 4.69) is 5.32 Å². The molecular formula is C12H18ClNO2. The van der Waals surface area contributed by atoms with Crippen LogP contribution in [-0.2, 0) is 4.79 Å². The number of furan rings is 1. The van der Waals surface area contributed by atoms with E-state index in [1.807, 2.05) is 39.8 Å². The largest absolute Gasteiger partial charge is 0.464 e. The van der Waals surface area contributed by atoms with Gasteiger partial charge in [-0.3, -0.25) is 4.79 Å². The molecule has 1 unspecified atom stereocenters.